The quantitative estimate of drug-likeness (QED) is 0.494. The first kappa shape index (κ1) is 15.6. The molecule has 0 N–H and O–H groups in total. The molecule has 0 atom stereocenters. The summed E-state index contributed by atoms with van der Waals surface area (Å²) in [6.07, 6.45) is 1.53. The summed E-state index contributed by atoms with van der Waals surface area (Å²) in [6.45, 7) is 0. The zero-order chi connectivity index (χ0) is 17.1. The molecule has 6 heteroatoms. The number of methoxy groups -OCH3 is 1. The number of rotatable bonds is 3. The highest BCUT2D eigenvalue weighted by molar-refractivity contribution is 6.54. The van der Waals surface area contributed by atoms with E-state index in [9.17, 15) is 9.59 Å². The highest BCUT2D eigenvalue weighted by atomic mass is 16.5. The molecule has 6 nitrogen and oxygen atoms in total. The molecule has 0 bridgehead atoms. The lowest BCUT2D eigenvalue weighted by Gasteiger charge is -2.07. The van der Waals surface area contributed by atoms with Gasteiger partial charge in [-0.25, -0.2) is 4.79 Å². The number of fused-ring (bicyclic) bond motifs is 1. The van der Waals surface area contributed by atoms with Crippen LogP contribution in [-0.2, 0) is 9.53 Å². The Hall–Kier alpha value is -3.28. The zero-order valence-corrected chi connectivity index (χ0v) is 13.3. The van der Waals surface area contributed by atoms with Crippen molar-refractivity contribution in [1.29, 1.82) is 0 Å². The first-order valence-corrected chi connectivity index (χ1v) is 7.28. The third-order valence-corrected chi connectivity index (χ3v) is 3.72. The van der Waals surface area contributed by atoms with Gasteiger partial charge in [0.15, 0.2) is 5.71 Å². The van der Waals surface area contributed by atoms with Crippen molar-refractivity contribution in [3.8, 4) is 0 Å². The number of esters is 1. The number of anilines is 1. The van der Waals surface area contributed by atoms with Gasteiger partial charge in [-0.3, -0.25) is 4.79 Å². The Balaban J connectivity index is 1.82. The second-order valence-electron chi connectivity index (χ2n) is 5.19. The van der Waals surface area contributed by atoms with Crippen LogP contribution >= 0.6 is 0 Å². The second kappa shape index (κ2) is 6.45. The summed E-state index contributed by atoms with van der Waals surface area (Å²) < 4.78 is 4.64. The Morgan fingerprint density at radius 2 is 1.83 bits per heavy atom. The van der Waals surface area contributed by atoms with E-state index in [1.165, 1.54) is 13.3 Å². The largest absolute Gasteiger partial charge is 0.465 e. The molecule has 2 aromatic rings. The van der Waals surface area contributed by atoms with E-state index in [-0.39, 0.29) is 5.91 Å². The van der Waals surface area contributed by atoms with Crippen molar-refractivity contribution < 1.29 is 14.3 Å². The fraction of sp³-hybridized carbons (Fsp3) is 0.111. The number of likely N-dealkylation sites (N-methyl/N-ethyl adjacent to an activating group) is 1. The highest BCUT2D eigenvalue weighted by Crippen LogP contribution is 2.27. The molecule has 0 saturated heterocycles. The van der Waals surface area contributed by atoms with Gasteiger partial charge in [-0.05, 0) is 23.8 Å². The van der Waals surface area contributed by atoms with Crippen LogP contribution in [0.4, 0.5) is 5.69 Å². The van der Waals surface area contributed by atoms with E-state index in [0.717, 1.165) is 16.8 Å². The third-order valence-electron chi connectivity index (χ3n) is 3.72. The molecule has 1 heterocycles. The highest BCUT2D eigenvalue weighted by Gasteiger charge is 2.30. The zero-order valence-electron chi connectivity index (χ0n) is 13.3. The lowest BCUT2D eigenvalue weighted by atomic mass is 10.1. The molecule has 0 fully saturated rings. The van der Waals surface area contributed by atoms with E-state index in [1.807, 2.05) is 24.3 Å². The maximum atomic E-state index is 12.2. The van der Waals surface area contributed by atoms with E-state index in [2.05, 4.69) is 14.9 Å². The minimum absolute atomic E-state index is 0.186. The SMILES string of the molecule is COC(=O)c1ccc(/C=N\N=C2/C(=O)N(C)c3ccccc32)cc1. The van der Waals surface area contributed by atoms with E-state index in [0.29, 0.717) is 11.3 Å². The molecule has 2 aromatic carbocycles. The minimum atomic E-state index is -0.394. The lowest BCUT2D eigenvalue weighted by Crippen LogP contribution is -2.25. The van der Waals surface area contributed by atoms with Gasteiger partial charge in [0.05, 0.1) is 24.6 Å². The van der Waals surface area contributed by atoms with Crippen LogP contribution in [0, 0.1) is 0 Å². The fourth-order valence-corrected chi connectivity index (χ4v) is 2.42. The molecule has 1 amide bonds. The first-order chi connectivity index (χ1) is 11.6. The molecule has 0 radical (unpaired) electrons. The predicted octanol–water partition coefficient (Wildman–Crippen LogP) is 2.27. The standard InChI is InChI=1S/C18H15N3O3/c1-21-15-6-4-3-5-14(15)16(17(21)22)20-19-11-12-7-9-13(10-8-12)18(23)24-2/h3-11H,1-2H3/b19-11-,20-16-. The van der Waals surface area contributed by atoms with E-state index >= 15 is 0 Å². The van der Waals surface area contributed by atoms with Gasteiger partial charge >= 0.3 is 5.97 Å². The molecular weight excluding hydrogens is 306 g/mol. The molecule has 0 saturated carbocycles. The third kappa shape index (κ3) is 2.81. The number of hydrogen-bond acceptors (Lipinski definition) is 5. The van der Waals surface area contributed by atoms with Gasteiger partial charge in [-0.1, -0.05) is 30.3 Å². The van der Waals surface area contributed by atoms with Crippen molar-refractivity contribution in [2.75, 3.05) is 19.1 Å². The number of ether oxygens (including phenoxy) is 1. The van der Waals surface area contributed by atoms with Gasteiger partial charge in [0.2, 0.25) is 0 Å². The van der Waals surface area contributed by atoms with Gasteiger partial charge < -0.3 is 9.64 Å². The molecule has 24 heavy (non-hydrogen) atoms. The maximum Gasteiger partial charge on any atom is 0.337 e. The fourth-order valence-electron chi connectivity index (χ4n) is 2.42. The topological polar surface area (TPSA) is 71.3 Å². The smallest absolute Gasteiger partial charge is 0.337 e. The monoisotopic (exact) mass is 321 g/mol. The maximum absolute atomic E-state index is 12.2. The van der Waals surface area contributed by atoms with E-state index in [1.54, 1.807) is 36.2 Å². The van der Waals surface area contributed by atoms with Gasteiger partial charge in [-0.2, -0.15) is 5.10 Å². The van der Waals surface area contributed by atoms with Gasteiger partial charge in [0, 0.05) is 12.6 Å². The number of benzene rings is 2. The normalized spacial score (nSPS) is 15.2. The summed E-state index contributed by atoms with van der Waals surface area (Å²) in [5.41, 5.74) is 3.12. The summed E-state index contributed by atoms with van der Waals surface area (Å²) in [5, 5.41) is 8.07. The Morgan fingerprint density at radius 1 is 1.12 bits per heavy atom. The molecule has 0 spiro atoms. The molecule has 120 valence electrons. The van der Waals surface area contributed by atoms with Crippen molar-refractivity contribution in [2.24, 2.45) is 10.2 Å². The van der Waals surface area contributed by atoms with Crippen molar-refractivity contribution in [3.63, 3.8) is 0 Å². The van der Waals surface area contributed by atoms with Gasteiger partial charge in [-0.15, -0.1) is 5.10 Å². The molecule has 1 aliphatic rings. The van der Waals surface area contributed by atoms with Crippen LogP contribution in [0.15, 0.2) is 58.7 Å². The molecule has 3 rings (SSSR count). The second-order valence-corrected chi connectivity index (χ2v) is 5.19. The van der Waals surface area contributed by atoms with Crippen molar-refractivity contribution in [2.45, 2.75) is 0 Å². The van der Waals surface area contributed by atoms with Crippen LogP contribution in [-0.4, -0.2) is 38.0 Å². The Bertz CT molecular complexity index is 854. The first-order valence-electron chi connectivity index (χ1n) is 7.28. The summed E-state index contributed by atoms with van der Waals surface area (Å²) in [7, 11) is 3.04. The van der Waals surface area contributed by atoms with Crippen molar-refractivity contribution in [1.82, 2.24) is 0 Å². The number of hydrogen-bond donors (Lipinski definition) is 0. The molecule has 0 unspecified atom stereocenters. The number of nitrogens with zero attached hydrogens (tertiary/aromatic N) is 3. The van der Waals surface area contributed by atoms with Crippen molar-refractivity contribution >= 4 is 29.5 Å². The van der Waals surface area contributed by atoms with E-state index < -0.39 is 5.97 Å². The van der Waals surface area contributed by atoms with Crippen LogP contribution in [0.3, 0.4) is 0 Å². The summed E-state index contributed by atoms with van der Waals surface area (Å²) in [6, 6.07) is 14.2. The van der Waals surface area contributed by atoms with Crippen LogP contribution in [0.25, 0.3) is 0 Å². The minimum Gasteiger partial charge on any atom is -0.465 e. The lowest BCUT2D eigenvalue weighted by molar-refractivity contribution is -0.111. The summed E-state index contributed by atoms with van der Waals surface area (Å²) >= 11 is 0. The number of carbonyl (C=O) groups is 2. The van der Waals surface area contributed by atoms with Crippen LogP contribution in [0.5, 0.6) is 0 Å². The molecule has 0 aromatic heterocycles. The predicted molar refractivity (Wildman–Crippen MR) is 91.8 cm³/mol. The van der Waals surface area contributed by atoms with Gasteiger partial charge in [0.25, 0.3) is 5.91 Å². The average Bonchev–Trinajstić information content (AvgIpc) is 2.87. The molecule has 1 aliphatic heterocycles. The number of carbonyl (C=O) groups excluding carboxylic acids is 2. The van der Waals surface area contributed by atoms with Crippen molar-refractivity contribution in [3.05, 3.63) is 65.2 Å². The molecule has 0 aliphatic carbocycles. The Morgan fingerprint density at radius 3 is 2.54 bits per heavy atom. The Labute approximate surface area is 139 Å². The summed E-state index contributed by atoms with van der Waals surface area (Å²) in [4.78, 5) is 25.2. The number of para-hydroxylation sites is 1. The Kier molecular flexibility index (Phi) is 4.20. The average molecular weight is 321 g/mol. The van der Waals surface area contributed by atoms with E-state index in [4.69, 9.17) is 0 Å². The van der Waals surface area contributed by atoms with Crippen LogP contribution in [0.2, 0.25) is 0 Å². The number of amides is 1. The van der Waals surface area contributed by atoms with Gasteiger partial charge in [0.1, 0.15) is 0 Å². The van der Waals surface area contributed by atoms with Crippen LogP contribution in [0.1, 0.15) is 21.5 Å². The summed E-state index contributed by atoms with van der Waals surface area (Å²) in [5.74, 6) is -0.579. The molecular formula is C18H15N3O3. The van der Waals surface area contributed by atoms with Crippen LogP contribution < -0.4 is 4.90 Å².